The summed E-state index contributed by atoms with van der Waals surface area (Å²) in [5.74, 6) is 0.0138. The van der Waals surface area contributed by atoms with Gasteiger partial charge in [0.15, 0.2) is 0 Å². The number of hydrogen-bond acceptors (Lipinski definition) is 4. The van der Waals surface area contributed by atoms with E-state index < -0.39 is 15.6 Å². The van der Waals surface area contributed by atoms with Gasteiger partial charge in [-0.3, -0.25) is 14.2 Å². The summed E-state index contributed by atoms with van der Waals surface area (Å²) in [6.45, 7) is 1.08. The van der Waals surface area contributed by atoms with Crippen molar-refractivity contribution in [2.75, 3.05) is 23.1 Å². The Labute approximate surface area is 170 Å². The Morgan fingerprint density at radius 2 is 1.90 bits per heavy atom. The highest BCUT2D eigenvalue weighted by atomic mass is 32.2. The van der Waals surface area contributed by atoms with Crippen LogP contribution in [0.25, 0.3) is 11.1 Å². The number of rotatable bonds is 4. The van der Waals surface area contributed by atoms with Crippen molar-refractivity contribution in [1.29, 1.82) is 0 Å². The summed E-state index contributed by atoms with van der Waals surface area (Å²) in [6.07, 6.45) is 9.01. The van der Waals surface area contributed by atoms with Gasteiger partial charge in [0.05, 0.1) is 23.0 Å². The van der Waals surface area contributed by atoms with Gasteiger partial charge in [-0.1, -0.05) is 12.8 Å². The lowest BCUT2D eigenvalue weighted by Gasteiger charge is -2.36. The quantitative estimate of drug-likeness (QED) is 0.802. The Bertz CT molecular complexity index is 1080. The number of aromatic nitrogens is 2. The van der Waals surface area contributed by atoms with Gasteiger partial charge in [0, 0.05) is 37.5 Å². The van der Waals surface area contributed by atoms with Crippen molar-refractivity contribution >= 4 is 27.5 Å². The van der Waals surface area contributed by atoms with Gasteiger partial charge in [0.2, 0.25) is 5.91 Å². The Morgan fingerprint density at radius 3 is 2.52 bits per heavy atom. The molecule has 3 heterocycles. The van der Waals surface area contributed by atoms with Crippen molar-refractivity contribution in [2.24, 2.45) is 7.05 Å². The molecule has 1 aromatic heterocycles. The fraction of sp³-hybridized carbons (Fsp3) is 0.500. The number of nitrogens with zero attached hydrogens (tertiary/aromatic N) is 3. The third-order valence-electron chi connectivity index (χ3n) is 6.45. The van der Waals surface area contributed by atoms with Gasteiger partial charge in [-0.25, -0.2) is 0 Å². The van der Waals surface area contributed by atoms with E-state index in [0.29, 0.717) is 18.8 Å². The zero-order valence-electron chi connectivity index (χ0n) is 16.4. The highest BCUT2D eigenvalue weighted by molar-refractivity contribution is 7.90. The minimum Gasteiger partial charge on any atom is -0.324 e. The Kier molecular flexibility index (Phi) is 4.22. The molecule has 0 unspecified atom stereocenters. The van der Waals surface area contributed by atoms with Crippen LogP contribution >= 0.6 is 0 Å². The van der Waals surface area contributed by atoms with Crippen LogP contribution in [0.1, 0.15) is 44.1 Å². The number of amides is 1. The van der Waals surface area contributed by atoms with Gasteiger partial charge in [-0.2, -0.15) is 17.8 Å². The Balaban J connectivity index is 1.59. The SMILES string of the molecule is Cn1cc(-c2cc(NS(=O)(=O)N3CCCCC3)cc3c2NC(=O)C32CCC2)cn1. The Hall–Kier alpha value is -2.39. The number of aryl methyl sites for hydroxylation is 1. The van der Waals surface area contributed by atoms with Gasteiger partial charge in [0.25, 0.3) is 0 Å². The highest BCUT2D eigenvalue weighted by Gasteiger charge is 2.52. The molecule has 1 saturated carbocycles. The molecule has 2 aromatic rings. The van der Waals surface area contributed by atoms with E-state index >= 15 is 0 Å². The number of anilines is 2. The summed E-state index contributed by atoms with van der Waals surface area (Å²) in [5, 5.41) is 7.30. The fourth-order valence-electron chi connectivity index (χ4n) is 4.70. The van der Waals surface area contributed by atoms with E-state index in [4.69, 9.17) is 0 Å². The maximum absolute atomic E-state index is 12.9. The molecule has 0 bridgehead atoms. The van der Waals surface area contributed by atoms with Crippen LogP contribution < -0.4 is 10.0 Å². The fourth-order valence-corrected chi connectivity index (χ4v) is 5.99. The van der Waals surface area contributed by atoms with Gasteiger partial charge in [-0.15, -0.1) is 0 Å². The molecule has 1 aromatic carbocycles. The molecule has 9 heteroatoms. The van der Waals surface area contributed by atoms with E-state index in [-0.39, 0.29) is 5.91 Å². The first kappa shape index (κ1) is 18.6. The van der Waals surface area contributed by atoms with E-state index in [1.165, 1.54) is 4.31 Å². The predicted octanol–water partition coefficient (Wildman–Crippen LogP) is 2.60. The Morgan fingerprint density at radius 1 is 1.14 bits per heavy atom. The molecule has 1 aliphatic carbocycles. The molecule has 8 nitrogen and oxygen atoms in total. The van der Waals surface area contributed by atoms with Gasteiger partial charge in [-0.05, 0) is 43.4 Å². The van der Waals surface area contributed by atoms with E-state index in [9.17, 15) is 13.2 Å². The lowest BCUT2D eigenvalue weighted by atomic mass is 9.65. The van der Waals surface area contributed by atoms with Crippen molar-refractivity contribution in [3.8, 4) is 11.1 Å². The summed E-state index contributed by atoms with van der Waals surface area (Å²) in [6, 6.07) is 3.64. The van der Waals surface area contributed by atoms with Crippen LogP contribution in [-0.4, -0.2) is 41.5 Å². The van der Waals surface area contributed by atoms with E-state index in [0.717, 1.165) is 60.9 Å². The molecule has 5 rings (SSSR count). The van der Waals surface area contributed by atoms with E-state index in [2.05, 4.69) is 15.1 Å². The van der Waals surface area contributed by atoms with Crippen LogP contribution in [0, 0.1) is 0 Å². The zero-order chi connectivity index (χ0) is 20.2. The largest absolute Gasteiger partial charge is 0.324 e. The topological polar surface area (TPSA) is 96.3 Å². The zero-order valence-corrected chi connectivity index (χ0v) is 17.3. The number of carbonyl (C=O) groups is 1. The molecule has 1 spiro atoms. The summed E-state index contributed by atoms with van der Waals surface area (Å²) in [7, 11) is -1.80. The average molecular weight is 416 g/mol. The second kappa shape index (κ2) is 6.56. The molecule has 0 atom stereocenters. The van der Waals surface area contributed by atoms with Crippen molar-refractivity contribution in [3.63, 3.8) is 0 Å². The van der Waals surface area contributed by atoms with Crippen molar-refractivity contribution in [3.05, 3.63) is 30.1 Å². The molecule has 2 fully saturated rings. The number of nitrogens with one attached hydrogen (secondary N) is 2. The standard InChI is InChI=1S/C20H25N5O3S/c1-24-13-14(12-21-24)16-10-15(23-29(27,28)25-8-3-2-4-9-25)11-17-18(16)22-19(26)20(17)6-5-7-20/h10-13,23H,2-9H2,1H3,(H,22,26). The molecular formula is C20H25N5O3S. The van der Waals surface area contributed by atoms with Crippen LogP contribution in [0.15, 0.2) is 24.5 Å². The maximum atomic E-state index is 12.9. The third kappa shape index (κ3) is 2.95. The number of fused-ring (bicyclic) bond motifs is 2. The summed E-state index contributed by atoms with van der Waals surface area (Å²) in [5.41, 5.74) is 3.29. The first-order valence-corrected chi connectivity index (χ1v) is 11.6. The molecule has 2 aliphatic heterocycles. The summed E-state index contributed by atoms with van der Waals surface area (Å²) >= 11 is 0. The molecule has 29 heavy (non-hydrogen) atoms. The number of hydrogen-bond donors (Lipinski definition) is 2. The number of piperidine rings is 1. The molecule has 3 aliphatic rings. The number of carbonyl (C=O) groups excluding carboxylic acids is 1. The lowest BCUT2D eigenvalue weighted by Crippen LogP contribution is -2.41. The monoisotopic (exact) mass is 415 g/mol. The molecule has 1 saturated heterocycles. The van der Waals surface area contributed by atoms with Crippen molar-refractivity contribution < 1.29 is 13.2 Å². The summed E-state index contributed by atoms with van der Waals surface area (Å²) in [4.78, 5) is 12.8. The third-order valence-corrected chi connectivity index (χ3v) is 7.99. The average Bonchev–Trinajstić information content (AvgIpc) is 3.21. The van der Waals surface area contributed by atoms with Crippen LogP contribution in [0.3, 0.4) is 0 Å². The molecule has 154 valence electrons. The molecule has 2 N–H and O–H groups in total. The van der Waals surface area contributed by atoms with Gasteiger partial charge >= 0.3 is 10.2 Å². The lowest BCUT2D eigenvalue weighted by molar-refractivity contribution is -0.123. The second-order valence-electron chi connectivity index (χ2n) is 8.31. The van der Waals surface area contributed by atoms with Crippen LogP contribution in [-0.2, 0) is 27.5 Å². The van der Waals surface area contributed by atoms with Gasteiger partial charge < -0.3 is 5.32 Å². The highest BCUT2D eigenvalue weighted by Crippen LogP contribution is 2.54. The van der Waals surface area contributed by atoms with E-state index in [1.54, 1.807) is 16.9 Å². The molecule has 1 amide bonds. The minimum atomic E-state index is -3.63. The maximum Gasteiger partial charge on any atom is 0.301 e. The molecular weight excluding hydrogens is 390 g/mol. The molecule has 0 radical (unpaired) electrons. The van der Waals surface area contributed by atoms with Gasteiger partial charge in [0.1, 0.15) is 0 Å². The normalized spacial score (nSPS) is 20.9. The smallest absolute Gasteiger partial charge is 0.301 e. The van der Waals surface area contributed by atoms with Crippen molar-refractivity contribution in [2.45, 2.75) is 43.9 Å². The van der Waals surface area contributed by atoms with Crippen LogP contribution in [0.5, 0.6) is 0 Å². The first-order chi connectivity index (χ1) is 13.9. The second-order valence-corrected chi connectivity index (χ2v) is 9.98. The van der Waals surface area contributed by atoms with Crippen LogP contribution in [0.2, 0.25) is 0 Å². The van der Waals surface area contributed by atoms with Crippen molar-refractivity contribution in [1.82, 2.24) is 14.1 Å². The van der Waals surface area contributed by atoms with E-state index in [1.807, 2.05) is 19.3 Å². The predicted molar refractivity (Wildman–Crippen MR) is 111 cm³/mol. The number of benzene rings is 1. The first-order valence-electron chi connectivity index (χ1n) is 10.2. The van der Waals surface area contributed by atoms with Crippen LogP contribution in [0.4, 0.5) is 11.4 Å². The summed E-state index contributed by atoms with van der Waals surface area (Å²) < 4.78 is 31.8. The minimum absolute atomic E-state index is 0.0138.